The average Bonchev–Trinajstić information content (AvgIpc) is 2.10. The molecule has 0 aliphatic rings. The van der Waals surface area contributed by atoms with E-state index in [9.17, 15) is 0 Å². The SMILES string of the molecule is CCCC[SiH](CCCC)[SiH2][SiH2]C. The Morgan fingerprint density at radius 2 is 1.50 bits per heavy atom. The van der Waals surface area contributed by atoms with Gasteiger partial charge in [0.2, 0.25) is 0 Å². The molecule has 0 saturated heterocycles. The van der Waals surface area contributed by atoms with Crippen LogP contribution in [0.5, 0.6) is 0 Å². The van der Waals surface area contributed by atoms with E-state index in [1.165, 1.54) is 12.8 Å². The molecule has 0 amide bonds. The second kappa shape index (κ2) is 9.74. The summed E-state index contributed by atoms with van der Waals surface area (Å²) >= 11 is 0. The minimum atomic E-state index is -0.0685. The van der Waals surface area contributed by atoms with Crippen molar-refractivity contribution in [3.63, 3.8) is 0 Å². The number of unbranched alkanes of at least 4 members (excludes halogenated alkanes) is 2. The third-order valence-electron chi connectivity index (χ3n) is 2.63. The van der Waals surface area contributed by atoms with Gasteiger partial charge in [0.1, 0.15) is 0 Å². The van der Waals surface area contributed by atoms with Gasteiger partial charge in [-0.3, -0.25) is 0 Å². The zero-order chi connectivity index (χ0) is 9.23. The van der Waals surface area contributed by atoms with Crippen molar-refractivity contribution < 1.29 is 0 Å². The Hall–Kier alpha value is 0.651. The van der Waals surface area contributed by atoms with Crippen molar-refractivity contribution in [2.45, 2.75) is 58.2 Å². The minimum Gasteiger partial charge on any atom is -0.0773 e. The third kappa shape index (κ3) is 7.31. The number of hydrogen-bond acceptors (Lipinski definition) is 0. The Labute approximate surface area is 84.4 Å². The molecule has 0 nitrogen and oxygen atoms in total. The molecule has 0 aromatic carbocycles. The van der Waals surface area contributed by atoms with E-state index in [1.807, 2.05) is 0 Å². The summed E-state index contributed by atoms with van der Waals surface area (Å²) in [5.74, 6) is 0. The Morgan fingerprint density at radius 1 is 1.00 bits per heavy atom. The van der Waals surface area contributed by atoms with Crippen molar-refractivity contribution in [1.82, 2.24) is 0 Å². The highest BCUT2D eigenvalue weighted by Crippen LogP contribution is 2.08. The summed E-state index contributed by atoms with van der Waals surface area (Å²) in [5, 5.41) is 0. The van der Waals surface area contributed by atoms with E-state index in [4.69, 9.17) is 0 Å². The van der Waals surface area contributed by atoms with Crippen molar-refractivity contribution in [1.29, 1.82) is 0 Å². The first-order valence-electron chi connectivity index (χ1n) is 5.85. The zero-order valence-electron chi connectivity index (χ0n) is 9.23. The molecule has 74 valence electrons. The highest BCUT2D eigenvalue weighted by Gasteiger charge is 2.08. The molecule has 0 heterocycles. The lowest BCUT2D eigenvalue weighted by Gasteiger charge is -2.12. The van der Waals surface area contributed by atoms with Crippen molar-refractivity contribution >= 4 is 25.9 Å². The zero-order valence-corrected chi connectivity index (χ0v) is 13.2. The van der Waals surface area contributed by atoms with Gasteiger partial charge < -0.3 is 0 Å². The topological polar surface area (TPSA) is 0 Å². The summed E-state index contributed by atoms with van der Waals surface area (Å²) in [6.07, 6.45) is 5.99. The molecule has 0 rings (SSSR count). The highest BCUT2D eigenvalue weighted by molar-refractivity contribution is 7.35. The summed E-state index contributed by atoms with van der Waals surface area (Å²) in [6, 6.07) is 3.42. The first-order valence-corrected chi connectivity index (χ1v) is 16.2. The summed E-state index contributed by atoms with van der Waals surface area (Å²) in [5.41, 5.74) is 0. The van der Waals surface area contributed by atoms with Crippen LogP contribution in [0, 0.1) is 0 Å². The van der Waals surface area contributed by atoms with Crippen LogP contribution in [0.1, 0.15) is 39.5 Å². The lowest BCUT2D eigenvalue weighted by Crippen LogP contribution is -2.25. The molecule has 3 heteroatoms. The normalized spacial score (nSPS) is 13.0. The highest BCUT2D eigenvalue weighted by atomic mass is 29.5. The van der Waals surface area contributed by atoms with Crippen LogP contribution in [0.15, 0.2) is 0 Å². The molecule has 0 aromatic heterocycles. The van der Waals surface area contributed by atoms with Gasteiger partial charge in [-0.15, -0.1) is 0 Å². The lowest BCUT2D eigenvalue weighted by atomic mass is 10.4. The molecule has 0 bridgehead atoms. The van der Waals surface area contributed by atoms with Gasteiger partial charge in [0, 0.05) is 25.9 Å². The summed E-state index contributed by atoms with van der Waals surface area (Å²) in [7, 11) is 1.02. The second-order valence-electron chi connectivity index (χ2n) is 3.94. The van der Waals surface area contributed by atoms with Crippen LogP contribution in [-0.4, -0.2) is 25.9 Å². The third-order valence-corrected chi connectivity index (χ3v) is 25.6. The fourth-order valence-electron chi connectivity index (χ4n) is 1.83. The molecule has 0 N–H and O–H groups in total. The van der Waals surface area contributed by atoms with E-state index in [2.05, 4.69) is 20.4 Å². The molecule has 0 saturated carbocycles. The van der Waals surface area contributed by atoms with Crippen molar-refractivity contribution in [3.8, 4) is 0 Å². The molecule has 0 unspecified atom stereocenters. The van der Waals surface area contributed by atoms with Gasteiger partial charge >= 0.3 is 0 Å². The Balaban J connectivity index is 3.40. The van der Waals surface area contributed by atoms with Gasteiger partial charge in [-0.25, -0.2) is 0 Å². The van der Waals surface area contributed by atoms with Gasteiger partial charge in [-0.1, -0.05) is 58.2 Å². The summed E-state index contributed by atoms with van der Waals surface area (Å²) < 4.78 is 0. The first-order chi connectivity index (χ1) is 5.85. The molecule has 0 fully saturated rings. The Bertz CT molecular complexity index is 77.8. The van der Waals surface area contributed by atoms with Crippen molar-refractivity contribution in [2.24, 2.45) is 0 Å². The summed E-state index contributed by atoms with van der Waals surface area (Å²) in [4.78, 5) is 0. The number of rotatable bonds is 8. The summed E-state index contributed by atoms with van der Waals surface area (Å²) in [6.45, 7) is 7.23. The average molecular weight is 219 g/mol. The number of hydrogen-bond donors (Lipinski definition) is 0. The van der Waals surface area contributed by atoms with Crippen LogP contribution in [0.2, 0.25) is 18.6 Å². The molecular formula is C9H26Si3. The molecular weight excluding hydrogens is 192 g/mol. The van der Waals surface area contributed by atoms with E-state index >= 15 is 0 Å². The van der Waals surface area contributed by atoms with E-state index < -0.39 is 0 Å². The van der Waals surface area contributed by atoms with Crippen molar-refractivity contribution in [3.05, 3.63) is 0 Å². The minimum absolute atomic E-state index is 0.0685. The second-order valence-corrected chi connectivity index (χ2v) is 21.8. The van der Waals surface area contributed by atoms with Gasteiger partial charge in [0.15, 0.2) is 0 Å². The smallest absolute Gasteiger partial charge is 0.0210 e. The van der Waals surface area contributed by atoms with E-state index in [0.29, 0.717) is 17.6 Å². The molecule has 0 aliphatic heterocycles. The van der Waals surface area contributed by atoms with E-state index in [-0.39, 0.29) is 8.31 Å². The molecule has 0 atom stereocenters. The predicted molar refractivity (Wildman–Crippen MR) is 69.5 cm³/mol. The van der Waals surface area contributed by atoms with Crippen LogP contribution in [0.4, 0.5) is 0 Å². The quantitative estimate of drug-likeness (QED) is 0.543. The Morgan fingerprint density at radius 3 is 1.83 bits per heavy atom. The molecule has 0 aliphatic carbocycles. The van der Waals surface area contributed by atoms with Crippen LogP contribution < -0.4 is 0 Å². The lowest BCUT2D eigenvalue weighted by molar-refractivity contribution is 0.848. The predicted octanol–water partition coefficient (Wildman–Crippen LogP) is 1.61. The van der Waals surface area contributed by atoms with Gasteiger partial charge in [-0.05, 0) is 0 Å². The molecule has 0 aromatic rings. The largest absolute Gasteiger partial charge is 0.0773 e. The Kier molecular flexibility index (Phi) is 10.3. The van der Waals surface area contributed by atoms with Crippen LogP contribution >= 0.6 is 0 Å². The van der Waals surface area contributed by atoms with Crippen LogP contribution in [0.25, 0.3) is 0 Å². The van der Waals surface area contributed by atoms with E-state index in [0.717, 1.165) is 0 Å². The van der Waals surface area contributed by atoms with Gasteiger partial charge in [0.05, 0.1) is 0 Å². The standard InChI is InChI=1S/C9H26Si3/c1-4-6-8-12(11-10-3)9-7-5-2/h12H,4-11H2,1-3H3. The maximum absolute atomic E-state index is 2.55. The van der Waals surface area contributed by atoms with Crippen LogP contribution in [0.3, 0.4) is 0 Å². The van der Waals surface area contributed by atoms with Crippen LogP contribution in [-0.2, 0) is 0 Å². The fraction of sp³-hybridized carbons (Fsp3) is 1.00. The monoisotopic (exact) mass is 218 g/mol. The molecule has 12 heavy (non-hydrogen) atoms. The first kappa shape index (κ1) is 12.7. The van der Waals surface area contributed by atoms with Gasteiger partial charge in [-0.2, -0.15) is 0 Å². The molecule has 0 radical (unpaired) electrons. The molecule has 0 spiro atoms. The van der Waals surface area contributed by atoms with Gasteiger partial charge in [0.25, 0.3) is 0 Å². The van der Waals surface area contributed by atoms with E-state index in [1.54, 1.807) is 24.9 Å². The maximum Gasteiger partial charge on any atom is 0.0210 e. The maximum atomic E-state index is 2.55. The van der Waals surface area contributed by atoms with Crippen molar-refractivity contribution in [2.75, 3.05) is 0 Å². The fourth-order valence-corrected chi connectivity index (χ4v) is 23.9.